The minimum absolute atomic E-state index is 0.0623. The minimum Gasteiger partial charge on any atom is -0.273 e. The molecule has 1 aliphatic heterocycles. The smallest absolute Gasteiger partial charge is 0.240 e. The molecule has 27 heavy (non-hydrogen) atoms. The first-order valence-electron chi connectivity index (χ1n) is 8.59. The highest BCUT2D eigenvalue weighted by atomic mass is 32.2. The number of amides is 1. The maximum absolute atomic E-state index is 13.1. The van der Waals surface area contributed by atoms with E-state index in [1.54, 1.807) is 16.8 Å². The Morgan fingerprint density at radius 3 is 2.70 bits per heavy atom. The largest absolute Gasteiger partial charge is 0.273 e. The molecule has 7 nitrogen and oxygen atoms in total. The van der Waals surface area contributed by atoms with Crippen molar-refractivity contribution in [3.05, 3.63) is 47.0 Å². The van der Waals surface area contributed by atoms with Crippen molar-refractivity contribution in [2.45, 2.75) is 26.7 Å². The van der Waals surface area contributed by atoms with Gasteiger partial charge in [-0.2, -0.15) is 10.2 Å². The molecular formula is C18H21FN4O3S. The van der Waals surface area contributed by atoms with Gasteiger partial charge in [-0.1, -0.05) is 0 Å². The number of nitrogens with one attached hydrogen (secondary N) is 1. The summed E-state index contributed by atoms with van der Waals surface area (Å²) in [5.74, 6) is -0.563. The maximum atomic E-state index is 13.1. The number of aromatic nitrogens is 2. The van der Waals surface area contributed by atoms with E-state index in [4.69, 9.17) is 0 Å². The van der Waals surface area contributed by atoms with Crippen LogP contribution in [0.5, 0.6) is 0 Å². The molecule has 0 unspecified atom stereocenters. The van der Waals surface area contributed by atoms with E-state index in [2.05, 4.69) is 15.6 Å². The molecule has 1 saturated heterocycles. The van der Waals surface area contributed by atoms with Gasteiger partial charge in [-0.25, -0.2) is 22.9 Å². The zero-order valence-electron chi connectivity index (χ0n) is 15.1. The lowest BCUT2D eigenvalue weighted by atomic mass is 10.1. The Hall–Kier alpha value is -2.55. The van der Waals surface area contributed by atoms with E-state index in [0.717, 1.165) is 22.6 Å². The van der Waals surface area contributed by atoms with Crippen molar-refractivity contribution in [2.75, 3.05) is 11.5 Å². The Bertz CT molecular complexity index is 981. The summed E-state index contributed by atoms with van der Waals surface area (Å²) >= 11 is 0. The number of sulfone groups is 1. The number of aryl methyl sites for hydroxylation is 1. The van der Waals surface area contributed by atoms with E-state index >= 15 is 0 Å². The first-order chi connectivity index (χ1) is 12.7. The van der Waals surface area contributed by atoms with Crippen LogP contribution in [0.2, 0.25) is 0 Å². The fourth-order valence-corrected chi connectivity index (χ4v) is 5.05. The average Bonchev–Trinajstić information content (AvgIpc) is 3.08. The van der Waals surface area contributed by atoms with Crippen molar-refractivity contribution in [3.63, 3.8) is 0 Å². The molecule has 1 atom stereocenters. The number of nitrogens with zero attached hydrogens (tertiary/aromatic N) is 3. The molecule has 1 aromatic carbocycles. The van der Waals surface area contributed by atoms with Crippen LogP contribution in [0.4, 0.5) is 4.39 Å². The van der Waals surface area contributed by atoms with Gasteiger partial charge in [0.05, 0.1) is 34.8 Å². The highest BCUT2D eigenvalue weighted by molar-refractivity contribution is 7.91. The van der Waals surface area contributed by atoms with E-state index in [1.807, 2.05) is 13.8 Å². The van der Waals surface area contributed by atoms with Gasteiger partial charge in [0.2, 0.25) is 5.91 Å². The molecule has 0 spiro atoms. The van der Waals surface area contributed by atoms with E-state index < -0.39 is 9.84 Å². The summed E-state index contributed by atoms with van der Waals surface area (Å²) in [4.78, 5) is 12.0. The van der Waals surface area contributed by atoms with Crippen molar-refractivity contribution in [3.8, 4) is 5.69 Å². The van der Waals surface area contributed by atoms with E-state index in [0.29, 0.717) is 6.42 Å². The van der Waals surface area contributed by atoms with Gasteiger partial charge in [0.1, 0.15) is 5.82 Å². The van der Waals surface area contributed by atoms with Gasteiger partial charge in [0, 0.05) is 12.0 Å². The summed E-state index contributed by atoms with van der Waals surface area (Å²) in [5.41, 5.74) is 5.45. The first-order valence-corrected chi connectivity index (χ1v) is 10.4. The number of hydrogen-bond donors (Lipinski definition) is 1. The number of halogens is 1. The quantitative estimate of drug-likeness (QED) is 0.621. The fourth-order valence-electron chi connectivity index (χ4n) is 3.18. The average molecular weight is 392 g/mol. The van der Waals surface area contributed by atoms with Crippen molar-refractivity contribution in [1.82, 2.24) is 15.2 Å². The fraction of sp³-hybridized carbons (Fsp3) is 0.389. The summed E-state index contributed by atoms with van der Waals surface area (Å²) in [6.45, 7) is 3.68. The second-order valence-electron chi connectivity index (χ2n) is 6.74. The van der Waals surface area contributed by atoms with Crippen molar-refractivity contribution in [1.29, 1.82) is 0 Å². The summed E-state index contributed by atoms with van der Waals surface area (Å²) < 4.78 is 37.7. The Morgan fingerprint density at radius 1 is 1.37 bits per heavy atom. The molecule has 1 aromatic heterocycles. The van der Waals surface area contributed by atoms with Crippen LogP contribution in [0.25, 0.3) is 5.69 Å². The molecule has 0 aliphatic carbocycles. The van der Waals surface area contributed by atoms with Gasteiger partial charge in [0.25, 0.3) is 0 Å². The number of rotatable bonds is 5. The molecule has 1 amide bonds. The van der Waals surface area contributed by atoms with Gasteiger partial charge < -0.3 is 0 Å². The lowest BCUT2D eigenvalue weighted by Crippen LogP contribution is -2.21. The molecule has 0 bridgehead atoms. The zero-order valence-corrected chi connectivity index (χ0v) is 16.0. The van der Waals surface area contributed by atoms with Crippen LogP contribution in [-0.4, -0.2) is 41.8 Å². The van der Waals surface area contributed by atoms with Gasteiger partial charge in [-0.3, -0.25) is 4.79 Å². The highest BCUT2D eigenvalue weighted by Crippen LogP contribution is 2.21. The van der Waals surface area contributed by atoms with Crippen molar-refractivity contribution < 1.29 is 17.6 Å². The van der Waals surface area contributed by atoms with Gasteiger partial charge in [-0.15, -0.1) is 0 Å². The molecule has 1 N–H and O–H groups in total. The summed E-state index contributed by atoms with van der Waals surface area (Å²) in [6, 6.07) is 5.99. The predicted octanol–water partition coefficient (Wildman–Crippen LogP) is 1.90. The molecule has 0 saturated carbocycles. The normalized spacial score (nSPS) is 18.9. The minimum atomic E-state index is -3.00. The molecule has 1 fully saturated rings. The topological polar surface area (TPSA) is 93.4 Å². The van der Waals surface area contributed by atoms with Crippen molar-refractivity contribution >= 4 is 22.0 Å². The van der Waals surface area contributed by atoms with Crippen LogP contribution >= 0.6 is 0 Å². The van der Waals surface area contributed by atoms with Crippen LogP contribution < -0.4 is 5.43 Å². The second kappa shape index (κ2) is 7.59. The molecule has 2 aromatic rings. The molecule has 144 valence electrons. The third-order valence-electron chi connectivity index (χ3n) is 4.60. The number of carbonyl (C=O) groups is 1. The Kier molecular flexibility index (Phi) is 5.41. The Labute approximate surface area is 157 Å². The molecule has 2 heterocycles. The molecule has 3 rings (SSSR count). The van der Waals surface area contributed by atoms with E-state index in [9.17, 15) is 17.6 Å². The van der Waals surface area contributed by atoms with Crippen LogP contribution in [0.3, 0.4) is 0 Å². The number of hydrogen-bond acceptors (Lipinski definition) is 5. The van der Waals surface area contributed by atoms with Crippen LogP contribution in [0.15, 0.2) is 29.4 Å². The van der Waals surface area contributed by atoms with E-state index in [1.165, 1.54) is 18.3 Å². The highest BCUT2D eigenvalue weighted by Gasteiger charge is 2.29. The third-order valence-corrected chi connectivity index (χ3v) is 6.44. The zero-order chi connectivity index (χ0) is 19.6. The van der Waals surface area contributed by atoms with Crippen LogP contribution in [0.1, 0.15) is 29.8 Å². The molecule has 1 aliphatic rings. The SMILES string of the molecule is Cc1nn(-c2ccc(F)cc2)c(C)c1/C=N\NC(=O)C[C@H]1CCS(=O)(=O)C1. The molecule has 0 radical (unpaired) electrons. The third kappa shape index (κ3) is 4.60. The first kappa shape index (κ1) is 19.2. The lowest BCUT2D eigenvalue weighted by molar-refractivity contribution is -0.121. The maximum Gasteiger partial charge on any atom is 0.240 e. The monoisotopic (exact) mass is 392 g/mol. The van der Waals surface area contributed by atoms with E-state index in [-0.39, 0.29) is 35.6 Å². The Morgan fingerprint density at radius 2 is 2.07 bits per heavy atom. The second-order valence-corrected chi connectivity index (χ2v) is 8.97. The van der Waals surface area contributed by atoms with Gasteiger partial charge >= 0.3 is 0 Å². The van der Waals surface area contributed by atoms with Crippen molar-refractivity contribution in [2.24, 2.45) is 11.0 Å². The number of carbonyl (C=O) groups excluding carboxylic acids is 1. The summed E-state index contributed by atoms with van der Waals surface area (Å²) in [7, 11) is -3.00. The summed E-state index contributed by atoms with van der Waals surface area (Å²) in [5, 5.41) is 8.41. The summed E-state index contributed by atoms with van der Waals surface area (Å²) in [6.07, 6.45) is 2.17. The van der Waals surface area contributed by atoms with Gasteiger partial charge in [0.15, 0.2) is 9.84 Å². The number of benzene rings is 1. The van der Waals surface area contributed by atoms with Crippen LogP contribution in [0, 0.1) is 25.6 Å². The van der Waals surface area contributed by atoms with Crippen LogP contribution in [-0.2, 0) is 14.6 Å². The standard InChI is InChI=1S/C18H21FN4O3S/c1-12-17(13(2)23(22-12)16-5-3-15(19)4-6-16)10-20-21-18(24)9-14-7-8-27(25,26)11-14/h3-6,10,14H,7-9,11H2,1-2H3,(H,21,24)/b20-10-/t14-/m1/s1. The Balaban J connectivity index is 1.65. The number of hydrazone groups is 1. The molecule has 9 heteroatoms. The lowest BCUT2D eigenvalue weighted by Gasteiger charge is -2.05. The predicted molar refractivity (Wildman–Crippen MR) is 100 cm³/mol. The van der Waals surface area contributed by atoms with Gasteiger partial charge in [-0.05, 0) is 50.5 Å². The molecular weight excluding hydrogens is 371 g/mol.